The number of aryl methyl sites for hydroxylation is 1. The number of hydrogen-bond acceptors (Lipinski definition) is 2. The average Bonchev–Trinajstić information content (AvgIpc) is 2.48. The van der Waals surface area contributed by atoms with Gasteiger partial charge in [0.1, 0.15) is 0 Å². The van der Waals surface area contributed by atoms with Crippen LogP contribution in [0.5, 0.6) is 0 Å². The lowest BCUT2D eigenvalue weighted by Gasteiger charge is -2.31. The SMILES string of the molecule is Cc1ccccc1CN(C)C(=O)C1CCCCC1C(=O)O. The first kappa shape index (κ1) is 15.5. The summed E-state index contributed by atoms with van der Waals surface area (Å²) in [4.78, 5) is 25.6. The fourth-order valence-corrected chi connectivity index (χ4v) is 3.13. The summed E-state index contributed by atoms with van der Waals surface area (Å²) in [6.07, 6.45) is 3.15. The zero-order valence-electron chi connectivity index (χ0n) is 12.7. The van der Waals surface area contributed by atoms with Gasteiger partial charge in [-0.05, 0) is 30.9 Å². The normalized spacial score (nSPS) is 21.8. The number of rotatable bonds is 4. The van der Waals surface area contributed by atoms with Crippen molar-refractivity contribution in [3.63, 3.8) is 0 Å². The van der Waals surface area contributed by atoms with E-state index in [-0.39, 0.29) is 11.8 Å². The number of carbonyl (C=O) groups is 2. The van der Waals surface area contributed by atoms with Gasteiger partial charge in [-0.15, -0.1) is 0 Å². The molecule has 0 bridgehead atoms. The quantitative estimate of drug-likeness (QED) is 0.927. The number of carbonyl (C=O) groups excluding carboxylic acids is 1. The van der Waals surface area contributed by atoms with Crippen molar-refractivity contribution in [1.82, 2.24) is 4.90 Å². The Hall–Kier alpha value is -1.84. The molecule has 1 amide bonds. The molecule has 1 aromatic carbocycles. The van der Waals surface area contributed by atoms with Gasteiger partial charge in [0.05, 0.1) is 11.8 Å². The van der Waals surface area contributed by atoms with Crippen LogP contribution in [0.3, 0.4) is 0 Å². The van der Waals surface area contributed by atoms with E-state index in [1.54, 1.807) is 11.9 Å². The summed E-state index contributed by atoms with van der Waals surface area (Å²) in [6.45, 7) is 2.56. The van der Waals surface area contributed by atoms with Gasteiger partial charge in [0, 0.05) is 13.6 Å². The molecule has 0 aromatic heterocycles. The minimum Gasteiger partial charge on any atom is -0.481 e. The van der Waals surface area contributed by atoms with Crippen molar-refractivity contribution in [3.05, 3.63) is 35.4 Å². The maximum atomic E-state index is 12.6. The zero-order chi connectivity index (χ0) is 15.4. The molecule has 0 heterocycles. The van der Waals surface area contributed by atoms with Crippen LogP contribution in [0.1, 0.15) is 36.8 Å². The van der Waals surface area contributed by atoms with Crippen LogP contribution < -0.4 is 0 Å². The molecular formula is C17H23NO3. The minimum atomic E-state index is -0.836. The van der Waals surface area contributed by atoms with Gasteiger partial charge in [0.2, 0.25) is 5.91 Å². The third kappa shape index (κ3) is 3.63. The summed E-state index contributed by atoms with van der Waals surface area (Å²) < 4.78 is 0. The number of nitrogens with zero attached hydrogens (tertiary/aromatic N) is 1. The first-order valence-electron chi connectivity index (χ1n) is 7.53. The Morgan fingerprint density at radius 3 is 2.43 bits per heavy atom. The number of benzene rings is 1. The molecular weight excluding hydrogens is 266 g/mol. The molecule has 2 atom stereocenters. The molecule has 0 aliphatic heterocycles. The summed E-state index contributed by atoms with van der Waals surface area (Å²) in [5.74, 6) is -1.77. The number of amides is 1. The maximum absolute atomic E-state index is 12.6. The van der Waals surface area contributed by atoms with Crippen LogP contribution >= 0.6 is 0 Å². The second-order valence-corrected chi connectivity index (χ2v) is 5.96. The van der Waals surface area contributed by atoms with E-state index in [0.29, 0.717) is 19.4 Å². The smallest absolute Gasteiger partial charge is 0.307 e. The second-order valence-electron chi connectivity index (χ2n) is 5.96. The molecule has 0 spiro atoms. The number of carboxylic acids is 1. The van der Waals surface area contributed by atoms with Crippen LogP contribution in [0.15, 0.2) is 24.3 Å². The van der Waals surface area contributed by atoms with E-state index in [9.17, 15) is 14.7 Å². The summed E-state index contributed by atoms with van der Waals surface area (Å²) >= 11 is 0. The summed E-state index contributed by atoms with van der Waals surface area (Å²) in [6, 6.07) is 7.96. The number of carboxylic acid groups (broad SMARTS) is 1. The van der Waals surface area contributed by atoms with Gasteiger partial charge in [0.15, 0.2) is 0 Å². The molecule has 1 N–H and O–H groups in total. The molecule has 1 aromatic rings. The van der Waals surface area contributed by atoms with Crippen molar-refractivity contribution in [2.24, 2.45) is 11.8 Å². The van der Waals surface area contributed by atoms with E-state index >= 15 is 0 Å². The largest absolute Gasteiger partial charge is 0.481 e. The van der Waals surface area contributed by atoms with Crippen LogP contribution in [-0.2, 0) is 16.1 Å². The second kappa shape index (κ2) is 6.74. The Morgan fingerprint density at radius 1 is 1.19 bits per heavy atom. The molecule has 0 radical (unpaired) electrons. The van der Waals surface area contributed by atoms with Crippen molar-refractivity contribution in [3.8, 4) is 0 Å². The van der Waals surface area contributed by atoms with E-state index in [1.165, 1.54) is 0 Å². The van der Waals surface area contributed by atoms with Crippen LogP contribution in [0.2, 0.25) is 0 Å². The monoisotopic (exact) mass is 289 g/mol. The highest BCUT2D eigenvalue weighted by Crippen LogP contribution is 2.31. The van der Waals surface area contributed by atoms with Gasteiger partial charge in [0.25, 0.3) is 0 Å². The van der Waals surface area contributed by atoms with Crippen LogP contribution in [0.4, 0.5) is 0 Å². The lowest BCUT2D eigenvalue weighted by Crippen LogP contribution is -2.40. The summed E-state index contributed by atoms with van der Waals surface area (Å²) in [5, 5.41) is 9.30. The molecule has 114 valence electrons. The van der Waals surface area contributed by atoms with Crippen molar-refractivity contribution >= 4 is 11.9 Å². The number of aliphatic carboxylic acids is 1. The van der Waals surface area contributed by atoms with Gasteiger partial charge >= 0.3 is 5.97 Å². The fraction of sp³-hybridized carbons (Fsp3) is 0.529. The van der Waals surface area contributed by atoms with Gasteiger partial charge in [-0.3, -0.25) is 9.59 Å². The third-order valence-electron chi connectivity index (χ3n) is 4.45. The highest BCUT2D eigenvalue weighted by Gasteiger charge is 2.37. The Labute approximate surface area is 125 Å². The first-order chi connectivity index (χ1) is 10.0. The van der Waals surface area contributed by atoms with E-state index in [2.05, 4.69) is 0 Å². The predicted molar refractivity (Wildman–Crippen MR) is 80.7 cm³/mol. The lowest BCUT2D eigenvalue weighted by atomic mass is 9.78. The van der Waals surface area contributed by atoms with Crippen LogP contribution in [0, 0.1) is 18.8 Å². The molecule has 21 heavy (non-hydrogen) atoms. The van der Waals surface area contributed by atoms with Crippen molar-refractivity contribution < 1.29 is 14.7 Å². The Balaban J connectivity index is 2.07. The molecule has 2 rings (SSSR count). The molecule has 4 nitrogen and oxygen atoms in total. The highest BCUT2D eigenvalue weighted by atomic mass is 16.4. The lowest BCUT2D eigenvalue weighted by molar-refractivity contribution is -0.152. The Bertz CT molecular complexity index is 527. The summed E-state index contributed by atoms with van der Waals surface area (Å²) in [7, 11) is 1.77. The zero-order valence-corrected chi connectivity index (χ0v) is 12.7. The highest BCUT2D eigenvalue weighted by molar-refractivity contribution is 5.84. The fourth-order valence-electron chi connectivity index (χ4n) is 3.13. The predicted octanol–water partition coefficient (Wildman–Crippen LogP) is 2.84. The molecule has 1 saturated carbocycles. The average molecular weight is 289 g/mol. The Kier molecular flexibility index (Phi) is 4.99. The van der Waals surface area contributed by atoms with E-state index < -0.39 is 11.9 Å². The van der Waals surface area contributed by atoms with E-state index in [1.807, 2.05) is 31.2 Å². The van der Waals surface area contributed by atoms with Gasteiger partial charge < -0.3 is 10.0 Å². The standard InChI is InChI=1S/C17H23NO3/c1-12-7-3-4-8-13(12)11-18(2)16(19)14-9-5-6-10-15(14)17(20)21/h3-4,7-8,14-15H,5-6,9-11H2,1-2H3,(H,20,21). The Morgan fingerprint density at radius 2 is 1.81 bits per heavy atom. The van der Waals surface area contributed by atoms with Crippen molar-refractivity contribution in [1.29, 1.82) is 0 Å². The third-order valence-corrected chi connectivity index (χ3v) is 4.45. The first-order valence-corrected chi connectivity index (χ1v) is 7.53. The molecule has 4 heteroatoms. The van der Waals surface area contributed by atoms with Gasteiger partial charge in [-0.25, -0.2) is 0 Å². The van der Waals surface area contributed by atoms with E-state index in [4.69, 9.17) is 0 Å². The van der Waals surface area contributed by atoms with Crippen molar-refractivity contribution in [2.75, 3.05) is 7.05 Å². The van der Waals surface area contributed by atoms with Crippen LogP contribution in [0.25, 0.3) is 0 Å². The molecule has 1 aliphatic carbocycles. The molecule has 1 aliphatic rings. The molecule has 2 unspecified atom stereocenters. The van der Waals surface area contributed by atoms with Crippen molar-refractivity contribution in [2.45, 2.75) is 39.2 Å². The number of hydrogen-bond donors (Lipinski definition) is 1. The van der Waals surface area contributed by atoms with Crippen LogP contribution in [-0.4, -0.2) is 28.9 Å². The topological polar surface area (TPSA) is 57.6 Å². The maximum Gasteiger partial charge on any atom is 0.307 e. The van der Waals surface area contributed by atoms with Gasteiger partial charge in [-0.2, -0.15) is 0 Å². The molecule has 1 fully saturated rings. The van der Waals surface area contributed by atoms with Gasteiger partial charge in [-0.1, -0.05) is 37.1 Å². The van der Waals surface area contributed by atoms with E-state index in [0.717, 1.165) is 24.0 Å². The summed E-state index contributed by atoms with van der Waals surface area (Å²) in [5.41, 5.74) is 2.26. The molecule has 0 saturated heterocycles. The minimum absolute atomic E-state index is 0.0367.